The van der Waals surface area contributed by atoms with Gasteiger partial charge in [0, 0.05) is 18.8 Å². The molecule has 122 valence electrons. The van der Waals surface area contributed by atoms with Crippen molar-refractivity contribution in [2.75, 3.05) is 26.1 Å². The van der Waals surface area contributed by atoms with Gasteiger partial charge in [0.15, 0.2) is 0 Å². The molecule has 1 aliphatic carbocycles. The zero-order valence-electron chi connectivity index (χ0n) is 12.9. The second-order valence-electron chi connectivity index (χ2n) is 5.68. The molecule has 0 aliphatic heterocycles. The third kappa shape index (κ3) is 4.14. The number of amides is 2. The van der Waals surface area contributed by atoms with Crippen molar-refractivity contribution in [1.82, 2.24) is 5.06 Å². The smallest absolute Gasteiger partial charge is 0.345 e. The molecule has 1 atom stereocenters. The Bertz CT molecular complexity index is 553. The Morgan fingerprint density at radius 2 is 2.14 bits per heavy atom. The van der Waals surface area contributed by atoms with Gasteiger partial charge < -0.3 is 10.1 Å². The predicted octanol–water partition coefficient (Wildman–Crippen LogP) is 4.38. The van der Waals surface area contributed by atoms with Gasteiger partial charge in [0.05, 0.1) is 17.0 Å². The van der Waals surface area contributed by atoms with Crippen molar-refractivity contribution in [3.8, 4) is 5.75 Å². The van der Waals surface area contributed by atoms with E-state index >= 15 is 0 Å². The molecule has 2 rings (SSSR count). The molecule has 1 unspecified atom stereocenters. The van der Waals surface area contributed by atoms with E-state index in [0.717, 1.165) is 23.7 Å². The van der Waals surface area contributed by atoms with E-state index in [0.29, 0.717) is 12.3 Å². The molecular formula is C15H20Br2N2O3. The molecule has 1 fully saturated rings. The molecule has 1 aromatic rings. The van der Waals surface area contributed by atoms with Crippen LogP contribution in [0.1, 0.15) is 19.8 Å². The maximum absolute atomic E-state index is 11.7. The van der Waals surface area contributed by atoms with Crippen LogP contribution < -0.4 is 10.1 Å². The third-order valence-electron chi connectivity index (χ3n) is 3.94. The summed E-state index contributed by atoms with van der Waals surface area (Å²) in [7, 11) is 2.98. The number of hydroxylamine groups is 2. The Hall–Kier alpha value is -0.790. The summed E-state index contributed by atoms with van der Waals surface area (Å²) in [5.41, 5.74) is 0.888. The number of ether oxygens (including phenoxy) is 1. The van der Waals surface area contributed by atoms with Gasteiger partial charge in [-0.1, -0.05) is 44.8 Å². The SMILES string of the molecule is CON(C)C(=O)Nc1cccc(OCCC2(C)CC2(Br)Br)c1. The van der Waals surface area contributed by atoms with Crippen LogP contribution in [-0.4, -0.2) is 35.1 Å². The van der Waals surface area contributed by atoms with Gasteiger partial charge in [0.1, 0.15) is 5.75 Å². The number of nitrogens with zero attached hydrogens (tertiary/aromatic N) is 1. The number of hydrogen-bond donors (Lipinski definition) is 1. The lowest BCUT2D eigenvalue weighted by Gasteiger charge is -2.16. The van der Waals surface area contributed by atoms with Gasteiger partial charge in [-0.3, -0.25) is 4.84 Å². The zero-order chi connectivity index (χ0) is 16.4. The monoisotopic (exact) mass is 434 g/mol. The Morgan fingerprint density at radius 1 is 1.45 bits per heavy atom. The molecule has 1 aromatic carbocycles. The highest BCUT2D eigenvalue weighted by Crippen LogP contribution is 2.67. The quantitative estimate of drug-likeness (QED) is 0.532. The predicted molar refractivity (Wildman–Crippen MR) is 93.7 cm³/mol. The van der Waals surface area contributed by atoms with Crippen LogP contribution >= 0.6 is 31.9 Å². The van der Waals surface area contributed by atoms with Gasteiger partial charge in [-0.15, -0.1) is 0 Å². The van der Waals surface area contributed by atoms with Crippen molar-refractivity contribution in [1.29, 1.82) is 0 Å². The van der Waals surface area contributed by atoms with Gasteiger partial charge in [-0.05, 0) is 30.4 Å². The summed E-state index contributed by atoms with van der Waals surface area (Å²) in [6.07, 6.45) is 2.04. The van der Waals surface area contributed by atoms with Crippen molar-refractivity contribution in [2.24, 2.45) is 5.41 Å². The maximum Gasteiger partial charge on any atom is 0.345 e. The number of alkyl halides is 2. The lowest BCUT2D eigenvalue weighted by molar-refractivity contribution is -0.0598. The van der Waals surface area contributed by atoms with E-state index in [1.807, 2.05) is 12.1 Å². The van der Waals surface area contributed by atoms with Gasteiger partial charge >= 0.3 is 6.03 Å². The molecular weight excluding hydrogens is 416 g/mol. The standard InChI is InChI=1S/C15H20Br2N2O3/c1-14(10-15(14,16)17)7-8-22-12-6-4-5-11(9-12)18-13(20)19(2)21-3/h4-6,9H,7-8,10H2,1-3H3,(H,18,20). The van der Waals surface area contributed by atoms with Crippen LogP contribution in [0.2, 0.25) is 0 Å². The minimum atomic E-state index is -0.339. The largest absolute Gasteiger partial charge is 0.493 e. The van der Waals surface area contributed by atoms with Crippen molar-refractivity contribution in [3.63, 3.8) is 0 Å². The number of hydrogen-bond acceptors (Lipinski definition) is 3. The molecule has 0 spiro atoms. The fraction of sp³-hybridized carbons (Fsp3) is 0.533. The first-order valence-corrected chi connectivity index (χ1v) is 8.55. The molecule has 1 aliphatic rings. The average molecular weight is 436 g/mol. The number of halogens is 2. The lowest BCUT2D eigenvalue weighted by Crippen LogP contribution is -2.30. The van der Waals surface area contributed by atoms with E-state index in [1.165, 1.54) is 7.11 Å². The van der Waals surface area contributed by atoms with Crippen LogP contribution in [0.3, 0.4) is 0 Å². The second-order valence-corrected chi connectivity index (χ2v) is 9.45. The molecule has 0 radical (unpaired) electrons. The highest BCUT2D eigenvalue weighted by Gasteiger charge is 2.60. The number of anilines is 1. The summed E-state index contributed by atoms with van der Waals surface area (Å²) >= 11 is 7.30. The van der Waals surface area contributed by atoms with Crippen molar-refractivity contribution < 1.29 is 14.4 Å². The molecule has 5 nitrogen and oxygen atoms in total. The first-order valence-electron chi connectivity index (χ1n) is 6.97. The molecule has 0 heterocycles. The van der Waals surface area contributed by atoms with E-state index in [4.69, 9.17) is 9.57 Å². The van der Waals surface area contributed by atoms with Crippen LogP contribution in [0, 0.1) is 5.41 Å². The summed E-state index contributed by atoms with van der Waals surface area (Å²) in [5, 5.41) is 3.85. The van der Waals surface area contributed by atoms with E-state index in [-0.39, 0.29) is 14.7 Å². The van der Waals surface area contributed by atoms with Crippen LogP contribution in [0.4, 0.5) is 10.5 Å². The minimum absolute atomic E-state index is 0.0525. The number of rotatable bonds is 6. The minimum Gasteiger partial charge on any atom is -0.493 e. The van der Waals surface area contributed by atoms with Gasteiger partial charge in [-0.2, -0.15) is 0 Å². The van der Waals surface area contributed by atoms with Gasteiger partial charge in [-0.25, -0.2) is 9.86 Å². The Morgan fingerprint density at radius 3 is 2.73 bits per heavy atom. The van der Waals surface area contributed by atoms with Crippen LogP contribution in [0.5, 0.6) is 5.75 Å². The molecule has 7 heteroatoms. The van der Waals surface area contributed by atoms with Crippen molar-refractivity contribution in [3.05, 3.63) is 24.3 Å². The van der Waals surface area contributed by atoms with E-state index < -0.39 is 0 Å². The summed E-state index contributed by atoms with van der Waals surface area (Å²) in [4.78, 5) is 16.5. The fourth-order valence-electron chi connectivity index (χ4n) is 2.06. The zero-order valence-corrected chi connectivity index (χ0v) is 16.0. The van der Waals surface area contributed by atoms with Crippen LogP contribution in [0.25, 0.3) is 0 Å². The summed E-state index contributed by atoms with van der Waals surface area (Å²) in [6, 6.07) is 6.98. The van der Waals surface area contributed by atoms with E-state index in [1.54, 1.807) is 19.2 Å². The molecule has 0 saturated heterocycles. The number of carbonyl (C=O) groups excluding carboxylic acids is 1. The summed E-state index contributed by atoms with van der Waals surface area (Å²) in [6.45, 7) is 2.85. The lowest BCUT2D eigenvalue weighted by atomic mass is 10.1. The van der Waals surface area contributed by atoms with E-state index in [9.17, 15) is 4.79 Å². The first-order chi connectivity index (χ1) is 10.3. The Labute approximate surface area is 147 Å². The Balaban J connectivity index is 1.85. The number of nitrogens with one attached hydrogen (secondary N) is 1. The third-order valence-corrected chi connectivity index (χ3v) is 6.41. The number of urea groups is 1. The number of benzene rings is 1. The van der Waals surface area contributed by atoms with Crippen LogP contribution in [-0.2, 0) is 4.84 Å². The van der Waals surface area contributed by atoms with Gasteiger partial charge in [0.25, 0.3) is 0 Å². The average Bonchev–Trinajstić information content (AvgIpc) is 2.96. The Kier molecular flexibility index (Phi) is 5.40. The molecule has 0 aromatic heterocycles. The number of carbonyl (C=O) groups is 1. The molecule has 2 amide bonds. The van der Waals surface area contributed by atoms with Crippen LogP contribution in [0.15, 0.2) is 24.3 Å². The summed E-state index contributed by atoms with van der Waals surface area (Å²) < 4.78 is 5.84. The topological polar surface area (TPSA) is 50.8 Å². The van der Waals surface area contributed by atoms with Gasteiger partial charge in [0.2, 0.25) is 0 Å². The highest BCUT2D eigenvalue weighted by molar-refractivity contribution is 9.25. The molecule has 1 saturated carbocycles. The molecule has 1 N–H and O–H groups in total. The fourth-order valence-corrected chi connectivity index (χ4v) is 3.69. The maximum atomic E-state index is 11.7. The van der Waals surface area contributed by atoms with E-state index in [2.05, 4.69) is 44.1 Å². The molecule has 22 heavy (non-hydrogen) atoms. The summed E-state index contributed by atoms with van der Waals surface area (Å²) in [5.74, 6) is 0.733. The molecule has 0 bridgehead atoms. The van der Waals surface area contributed by atoms with Crippen molar-refractivity contribution in [2.45, 2.75) is 23.0 Å². The normalized spacial score (nSPS) is 22.0. The first kappa shape index (κ1) is 17.6. The second kappa shape index (κ2) is 6.76. The van der Waals surface area contributed by atoms with Crippen molar-refractivity contribution >= 4 is 43.6 Å². The highest BCUT2D eigenvalue weighted by atomic mass is 79.9.